The molecule has 0 atom stereocenters. The zero-order chi connectivity index (χ0) is 20.0. The van der Waals surface area contributed by atoms with Crippen molar-refractivity contribution < 1.29 is 13.2 Å². The molecule has 1 heterocycles. The zero-order valence-electron chi connectivity index (χ0n) is 15.9. The highest BCUT2D eigenvalue weighted by molar-refractivity contribution is 7.90. The minimum Gasteiger partial charge on any atom is -0.378 e. The summed E-state index contributed by atoms with van der Waals surface area (Å²) in [5.74, 6) is 0.390. The van der Waals surface area contributed by atoms with Crippen LogP contribution >= 0.6 is 0 Å². The molecular weight excluding hydrogens is 372 g/mol. The number of hydrogen-bond donors (Lipinski definition) is 0. The topological polar surface area (TPSA) is 59.0 Å². The number of rotatable bonds is 5. The van der Waals surface area contributed by atoms with Gasteiger partial charge in [-0.2, -0.15) is 8.42 Å². The van der Waals surface area contributed by atoms with Crippen LogP contribution in [-0.4, -0.2) is 45.5 Å². The van der Waals surface area contributed by atoms with Crippen molar-refractivity contribution in [3.63, 3.8) is 0 Å². The maximum Gasteiger partial charge on any atom is 0.284 e. The van der Waals surface area contributed by atoms with Crippen LogP contribution in [0, 0.1) is 6.92 Å². The molecule has 0 radical (unpaired) electrons. The van der Waals surface area contributed by atoms with Crippen molar-refractivity contribution in [1.82, 2.24) is 4.90 Å². The van der Waals surface area contributed by atoms with Crippen molar-refractivity contribution in [2.45, 2.75) is 11.8 Å². The van der Waals surface area contributed by atoms with Crippen molar-refractivity contribution in [3.05, 3.63) is 84.5 Å². The third kappa shape index (κ3) is 5.18. The Labute approximate surface area is 166 Å². The Hall–Kier alpha value is -2.70. The third-order valence-electron chi connectivity index (χ3n) is 4.45. The largest absolute Gasteiger partial charge is 0.378 e. The van der Waals surface area contributed by atoms with E-state index in [-0.39, 0.29) is 4.90 Å². The van der Waals surface area contributed by atoms with Gasteiger partial charge < -0.3 is 9.64 Å². The normalized spacial score (nSPS) is 15.8. The SMILES string of the molecule is C=C(/C=C/C(=N/S(=O)(=O)c1ccc(C)cc1)N1CCOCC1)c1ccccc1. The quantitative estimate of drug-likeness (QED) is 0.439. The molecule has 0 spiro atoms. The Bertz CT molecular complexity index is 972. The number of ether oxygens (including phenoxy) is 1. The molecule has 0 aromatic heterocycles. The van der Waals surface area contributed by atoms with E-state index in [9.17, 15) is 8.42 Å². The highest BCUT2D eigenvalue weighted by atomic mass is 32.2. The number of hydrogen-bond acceptors (Lipinski definition) is 3. The summed E-state index contributed by atoms with van der Waals surface area (Å²) in [6.45, 7) is 8.24. The van der Waals surface area contributed by atoms with E-state index in [4.69, 9.17) is 4.74 Å². The van der Waals surface area contributed by atoms with Crippen molar-refractivity contribution in [2.75, 3.05) is 26.3 Å². The second-order valence-electron chi connectivity index (χ2n) is 6.56. The summed E-state index contributed by atoms with van der Waals surface area (Å²) >= 11 is 0. The van der Waals surface area contributed by atoms with Gasteiger partial charge in [-0.25, -0.2) is 0 Å². The molecule has 1 fully saturated rings. The Kier molecular flexibility index (Phi) is 6.44. The number of benzene rings is 2. The van der Waals surface area contributed by atoms with Crippen LogP contribution in [0.4, 0.5) is 0 Å². The lowest BCUT2D eigenvalue weighted by Gasteiger charge is -2.28. The van der Waals surface area contributed by atoms with E-state index in [1.54, 1.807) is 36.4 Å². The van der Waals surface area contributed by atoms with Crippen LogP contribution in [0.15, 0.2) is 82.6 Å². The number of amidine groups is 1. The van der Waals surface area contributed by atoms with Gasteiger partial charge in [-0.05, 0) is 36.3 Å². The second-order valence-corrected chi connectivity index (χ2v) is 8.17. The van der Waals surface area contributed by atoms with Crippen molar-refractivity contribution in [1.29, 1.82) is 0 Å². The molecule has 3 rings (SSSR count). The van der Waals surface area contributed by atoms with Gasteiger partial charge in [0.05, 0.1) is 18.1 Å². The van der Waals surface area contributed by atoms with Crippen LogP contribution in [0.25, 0.3) is 5.57 Å². The molecule has 0 unspecified atom stereocenters. The smallest absolute Gasteiger partial charge is 0.284 e. The standard InChI is InChI=1S/C22H24N2O3S/c1-18-8-11-21(12-9-18)28(25,26)23-22(24-14-16-27-17-15-24)13-10-19(2)20-6-4-3-5-7-20/h3-13H,2,14-17H2,1H3/b13-10+,23-22-. The molecule has 0 N–H and O–H groups in total. The van der Waals surface area contributed by atoms with E-state index < -0.39 is 10.0 Å². The molecule has 146 valence electrons. The highest BCUT2D eigenvalue weighted by Gasteiger charge is 2.19. The van der Waals surface area contributed by atoms with Crippen LogP contribution in [0.5, 0.6) is 0 Å². The maximum atomic E-state index is 12.8. The van der Waals surface area contributed by atoms with Crippen LogP contribution in [-0.2, 0) is 14.8 Å². The number of allylic oxidation sites excluding steroid dienone is 2. The monoisotopic (exact) mass is 396 g/mol. The van der Waals surface area contributed by atoms with Gasteiger partial charge in [0.1, 0.15) is 5.84 Å². The average Bonchev–Trinajstić information content (AvgIpc) is 2.72. The Morgan fingerprint density at radius 2 is 1.68 bits per heavy atom. The van der Waals surface area contributed by atoms with Gasteiger partial charge in [0.25, 0.3) is 10.0 Å². The lowest BCUT2D eigenvalue weighted by atomic mass is 10.1. The van der Waals surface area contributed by atoms with Crippen LogP contribution < -0.4 is 0 Å². The van der Waals surface area contributed by atoms with Gasteiger partial charge in [-0.15, -0.1) is 4.40 Å². The van der Waals surface area contributed by atoms with E-state index >= 15 is 0 Å². The molecular formula is C22H24N2O3S. The Balaban J connectivity index is 1.92. The van der Waals surface area contributed by atoms with Gasteiger partial charge >= 0.3 is 0 Å². The fraction of sp³-hybridized carbons (Fsp3) is 0.227. The summed E-state index contributed by atoms with van der Waals surface area (Å²) in [4.78, 5) is 2.10. The van der Waals surface area contributed by atoms with Crippen LogP contribution in [0.2, 0.25) is 0 Å². The first-order valence-corrected chi connectivity index (χ1v) is 10.6. The molecule has 6 heteroatoms. The lowest BCUT2D eigenvalue weighted by Crippen LogP contribution is -2.40. The van der Waals surface area contributed by atoms with E-state index in [1.807, 2.05) is 42.2 Å². The zero-order valence-corrected chi connectivity index (χ0v) is 16.7. The Morgan fingerprint density at radius 3 is 2.32 bits per heavy atom. The van der Waals surface area contributed by atoms with Crippen molar-refractivity contribution >= 4 is 21.4 Å². The number of nitrogens with zero attached hydrogens (tertiary/aromatic N) is 2. The number of sulfonamides is 1. The Morgan fingerprint density at radius 1 is 1.04 bits per heavy atom. The molecule has 28 heavy (non-hydrogen) atoms. The summed E-state index contributed by atoms with van der Waals surface area (Å²) < 4.78 is 35.1. The highest BCUT2D eigenvalue weighted by Crippen LogP contribution is 2.17. The molecule has 5 nitrogen and oxygen atoms in total. The number of morpholine rings is 1. The molecule has 0 aliphatic carbocycles. The molecule has 0 bridgehead atoms. The van der Waals surface area contributed by atoms with E-state index in [0.29, 0.717) is 32.1 Å². The molecule has 2 aromatic rings. The first-order chi connectivity index (χ1) is 13.5. The van der Waals surface area contributed by atoms with Gasteiger partial charge in [-0.3, -0.25) is 0 Å². The third-order valence-corrected chi connectivity index (χ3v) is 5.74. The predicted molar refractivity (Wildman–Crippen MR) is 113 cm³/mol. The molecule has 2 aromatic carbocycles. The summed E-state index contributed by atoms with van der Waals surface area (Å²) in [6.07, 6.45) is 3.51. The van der Waals surface area contributed by atoms with Gasteiger partial charge in [0.15, 0.2) is 0 Å². The fourth-order valence-corrected chi connectivity index (χ4v) is 3.80. The average molecular weight is 397 g/mol. The van der Waals surface area contributed by atoms with Crippen molar-refractivity contribution in [2.24, 2.45) is 4.40 Å². The minimum atomic E-state index is -3.81. The van der Waals surface area contributed by atoms with E-state index in [0.717, 1.165) is 16.7 Å². The predicted octanol–water partition coefficient (Wildman–Crippen LogP) is 3.68. The lowest BCUT2D eigenvalue weighted by molar-refractivity contribution is 0.0685. The van der Waals surface area contributed by atoms with E-state index in [1.165, 1.54) is 0 Å². The maximum absolute atomic E-state index is 12.8. The van der Waals surface area contributed by atoms with Gasteiger partial charge in [0, 0.05) is 13.1 Å². The number of aryl methyl sites for hydroxylation is 1. The second kappa shape index (κ2) is 8.99. The first kappa shape index (κ1) is 20.0. The molecule has 1 aliphatic heterocycles. The summed E-state index contributed by atoms with van der Waals surface area (Å²) in [5.41, 5.74) is 2.76. The van der Waals surface area contributed by atoms with Crippen LogP contribution in [0.1, 0.15) is 11.1 Å². The summed E-state index contributed by atoms with van der Waals surface area (Å²) in [7, 11) is -3.81. The first-order valence-electron chi connectivity index (χ1n) is 9.12. The van der Waals surface area contributed by atoms with Crippen molar-refractivity contribution in [3.8, 4) is 0 Å². The van der Waals surface area contributed by atoms with Gasteiger partial charge in [0.2, 0.25) is 0 Å². The van der Waals surface area contributed by atoms with E-state index in [2.05, 4.69) is 11.0 Å². The van der Waals surface area contributed by atoms with Crippen LogP contribution in [0.3, 0.4) is 0 Å². The van der Waals surface area contributed by atoms with Gasteiger partial charge in [-0.1, -0.05) is 60.7 Å². The molecule has 1 saturated heterocycles. The molecule has 0 amide bonds. The fourth-order valence-electron chi connectivity index (χ4n) is 2.80. The molecule has 1 aliphatic rings. The molecule has 0 saturated carbocycles. The summed E-state index contributed by atoms with van der Waals surface area (Å²) in [5, 5.41) is 0. The summed E-state index contributed by atoms with van der Waals surface area (Å²) in [6, 6.07) is 16.4. The minimum absolute atomic E-state index is 0.180.